The van der Waals surface area contributed by atoms with Gasteiger partial charge in [-0.05, 0) is 31.7 Å². The Balaban J connectivity index is 2.05. The number of carbonyl (C=O) groups excluding carboxylic acids is 1. The SMILES string of the molecule is CCC(C)NCC(=O)OCCCc1ccccc1. The Morgan fingerprint density at radius 3 is 2.72 bits per heavy atom. The van der Waals surface area contributed by atoms with Gasteiger partial charge in [-0.15, -0.1) is 0 Å². The molecule has 3 heteroatoms. The molecule has 0 aliphatic heterocycles. The summed E-state index contributed by atoms with van der Waals surface area (Å²) in [5.74, 6) is -0.164. The van der Waals surface area contributed by atoms with Crippen LogP contribution in [0.3, 0.4) is 0 Å². The molecule has 0 saturated carbocycles. The van der Waals surface area contributed by atoms with Crippen LogP contribution in [-0.4, -0.2) is 25.2 Å². The molecule has 0 amide bonds. The average molecular weight is 249 g/mol. The molecule has 0 fully saturated rings. The fourth-order valence-corrected chi connectivity index (χ4v) is 1.56. The molecular formula is C15H23NO2. The quantitative estimate of drug-likeness (QED) is 0.568. The number of esters is 1. The van der Waals surface area contributed by atoms with Crippen molar-refractivity contribution in [1.82, 2.24) is 5.32 Å². The smallest absolute Gasteiger partial charge is 0.319 e. The van der Waals surface area contributed by atoms with Crippen LogP contribution in [0, 0.1) is 0 Å². The number of hydrogen-bond acceptors (Lipinski definition) is 3. The van der Waals surface area contributed by atoms with Crippen molar-refractivity contribution in [3.8, 4) is 0 Å². The van der Waals surface area contributed by atoms with Crippen molar-refractivity contribution in [1.29, 1.82) is 0 Å². The number of hydrogen-bond donors (Lipinski definition) is 1. The Hall–Kier alpha value is -1.35. The molecule has 0 radical (unpaired) electrons. The summed E-state index contributed by atoms with van der Waals surface area (Å²) in [5, 5.41) is 3.12. The van der Waals surface area contributed by atoms with E-state index in [1.165, 1.54) is 5.56 Å². The summed E-state index contributed by atoms with van der Waals surface area (Å²) in [4.78, 5) is 11.4. The molecule has 0 heterocycles. The van der Waals surface area contributed by atoms with Crippen molar-refractivity contribution < 1.29 is 9.53 Å². The van der Waals surface area contributed by atoms with Gasteiger partial charge >= 0.3 is 5.97 Å². The van der Waals surface area contributed by atoms with Gasteiger partial charge in [0.05, 0.1) is 13.2 Å². The van der Waals surface area contributed by atoms with Gasteiger partial charge < -0.3 is 10.1 Å². The number of aryl methyl sites for hydroxylation is 1. The molecule has 1 aromatic rings. The summed E-state index contributed by atoms with van der Waals surface area (Å²) in [7, 11) is 0. The van der Waals surface area contributed by atoms with Crippen LogP contribution in [-0.2, 0) is 16.0 Å². The summed E-state index contributed by atoms with van der Waals surface area (Å²) in [6, 6.07) is 10.6. The van der Waals surface area contributed by atoms with Crippen LogP contribution < -0.4 is 5.32 Å². The monoisotopic (exact) mass is 249 g/mol. The van der Waals surface area contributed by atoms with Gasteiger partial charge in [-0.1, -0.05) is 37.3 Å². The summed E-state index contributed by atoms with van der Waals surface area (Å²) in [6.07, 6.45) is 2.84. The molecule has 1 aromatic carbocycles. The molecular weight excluding hydrogens is 226 g/mol. The van der Waals surface area contributed by atoms with Gasteiger partial charge in [0, 0.05) is 6.04 Å². The number of nitrogens with one attached hydrogen (secondary N) is 1. The van der Waals surface area contributed by atoms with Crippen LogP contribution in [0.15, 0.2) is 30.3 Å². The maximum atomic E-state index is 11.4. The van der Waals surface area contributed by atoms with E-state index in [0.29, 0.717) is 19.2 Å². The largest absolute Gasteiger partial charge is 0.465 e. The first-order valence-electron chi connectivity index (χ1n) is 6.65. The van der Waals surface area contributed by atoms with Gasteiger partial charge in [0.1, 0.15) is 0 Å². The first-order valence-corrected chi connectivity index (χ1v) is 6.65. The Labute approximate surface area is 110 Å². The topological polar surface area (TPSA) is 38.3 Å². The molecule has 18 heavy (non-hydrogen) atoms. The molecule has 0 aliphatic carbocycles. The van der Waals surface area contributed by atoms with E-state index in [4.69, 9.17) is 4.74 Å². The number of rotatable bonds is 8. The highest BCUT2D eigenvalue weighted by Gasteiger charge is 2.04. The molecule has 3 nitrogen and oxygen atoms in total. The van der Waals surface area contributed by atoms with E-state index in [0.717, 1.165) is 19.3 Å². The van der Waals surface area contributed by atoms with Gasteiger partial charge in [-0.25, -0.2) is 0 Å². The Bertz CT molecular complexity index is 338. The minimum absolute atomic E-state index is 0.164. The van der Waals surface area contributed by atoms with E-state index in [-0.39, 0.29) is 5.97 Å². The maximum absolute atomic E-state index is 11.4. The van der Waals surface area contributed by atoms with Crippen molar-refractivity contribution >= 4 is 5.97 Å². The van der Waals surface area contributed by atoms with Crippen LogP contribution in [0.5, 0.6) is 0 Å². The van der Waals surface area contributed by atoms with Crippen molar-refractivity contribution in [3.05, 3.63) is 35.9 Å². The molecule has 1 atom stereocenters. The second-order valence-electron chi connectivity index (χ2n) is 4.50. The van der Waals surface area contributed by atoms with Gasteiger partial charge in [0.2, 0.25) is 0 Å². The summed E-state index contributed by atoms with van der Waals surface area (Å²) < 4.78 is 5.16. The molecule has 1 rings (SSSR count). The predicted molar refractivity (Wildman–Crippen MR) is 73.5 cm³/mol. The summed E-state index contributed by atoms with van der Waals surface area (Å²) >= 11 is 0. The zero-order chi connectivity index (χ0) is 13.2. The van der Waals surface area contributed by atoms with Crippen LogP contribution >= 0.6 is 0 Å². The molecule has 1 N–H and O–H groups in total. The first kappa shape index (κ1) is 14.7. The van der Waals surface area contributed by atoms with Crippen molar-refractivity contribution in [2.75, 3.05) is 13.2 Å². The van der Waals surface area contributed by atoms with E-state index in [2.05, 4.69) is 31.3 Å². The lowest BCUT2D eigenvalue weighted by Crippen LogP contribution is -2.32. The normalized spacial score (nSPS) is 12.1. The predicted octanol–water partition coefficient (Wildman–Crippen LogP) is 2.55. The van der Waals surface area contributed by atoms with Crippen LogP contribution in [0.2, 0.25) is 0 Å². The second-order valence-corrected chi connectivity index (χ2v) is 4.50. The fourth-order valence-electron chi connectivity index (χ4n) is 1.56. The van der Waals surface area contributed by atoms with E-state index in [1.54, 1.807) is 0 Å². The molecule has 1 unspecified atom stereocenters. The molecule has 0 saturated heterocycles. The van der Waals surface area contributed by atoms with Crippen molar-refractivity contribution in [3.63, 3.8) is 0 Å². The van der Waals surface area contributed by atoms with Crippen LogP contribution in [0.25, 0.3) is 0 Å². The second kappa shape index (κ2) is 8.70. The first-order chi connectivity index (χ1) is 8.72. The zero-order valence-electron chi connectivity index (χ0n) is 11.3. The van der Waals surface area contributed by atoms with Crippen LogP contribution in [0.4, 0.5) is 0 Å². The summed E-state index contributed by atoms with van der Waals surface area (Å²) in [5.41, 5.74) is 1.28. The van der Waals surface area contributed by atoms with Crippen LogP contribution in [0.1, 0.15) is 32.3 Å². The van der Waals surface area contributed by atoms with E-state index >= 15 is 0 Å². The Morgan fingerprint density at radius 2 is 2.06 bits per heavy atom. The molecule has 0 aromatic heterocycles. The van der Waals surface area contributed by atoms with E-state index in [1.807, 2.05) is 18.2 Å². The van der Waals surface area contributed by atoms with E-state index < -0.39 is 0 Å². The average Bonchev–Trinajstić information content (AvgIpc) is 2.42. The molecule has 0 spiro atoms. The van der Waals surface area contributed by atoms with Gasteiger partial charge in [-0.2, -0.15) is 0 Å². The van der Waals surface area contributed by atoms with Crippen molar-refractivity contribution in [2.45, 2.75) is 39.2 Å². The van der Waals surface area contributed by atoms with E-state index in [9.17, 15) is 4.79 Å². The third-order valence-corrected chi connectivity index (χ3v) is 2.92. The highest BCUT2D eigenvalue weighted by atomic mass is 16.5. The Kier molecular flexibility index (Phi) is 7.11. The third-order valence-electron chi connectivity index (χ3n) is 2.92. The van der Waals surface area contributed by atoms with Crippen molar-refractivity contribution in [2.24, 2.45) is 0 Å². The van der Waals surface area contributed by atoms with Gasteiger partial charge in [0.25, 0.3) is 0 Å². The highest BCUT2D eigenvalue weighted by Crippen LogP contribution is 2.02. The molecule has 100 valence electrons. The maximum Gasteiger partial charge on any atom is 0.319 e. The highest BCUT2D eigenvalue weighted by molar-refractivity contribution is 5.71. The third kappa shape index (κ3) is 6.40. The Morgan fingerprint density at radius 1 is 1.33 bits per heavy atom. The number of carbonyl (C=O) groups is 1. The molecule has 0 bridgehead atoms. The lowest BCUT2D eigenvalue weighted by Gasteiger charge is -2.10. The number of benzene rings is 1. The van der Waals surface area contributed by atoms with Gasteiger partial charge in [0.15, 0.2) is 0 Å². The minimum Gasteiger partial charge on any atom is -0.465 e. The standard InChI is InChI=1S/C15H23NO2/c1-3-13(2)16-12-15(17)18-11-7-10-14-8-5-4-6-9-14/h4-6,8-9,13,16H,3,7,10-12H2,1-2H3. The lowest BCUT2D eigenvalue weighted by atomic mass is 10.1. The minimum atomic E-state index is -0.164. The lowest BCUT2D eigenvalue weighted by molar-refractivity contribution is -0.142. The van der Waals surface area contributed by atoms with Gasteiger partial charge in [-0.3, -0.25) is 4.79 Å². The molecule has 0 aliphatic rings. The fraction of sp³-hybridized carbons (Fsp3) is 0.533. The number of ether oxygens (including phenoxy) is 1. The summed E-state index contributed by atoms with van der Waals surface area (Å²) in [6.45, 7) is 4.95. The zero-order valence-corrected chi connectivity index (χ0v) is 11.3.